The number of fused-ring (bicyclic) bond motifs is 5. The number of nitrogens with one attached hydrogen (secondary N) is 3. The average molecular weight is 913 g/mol. The molecule has 18 nitrogen and oxygen atoms in total. The molecule has 66 heavy (non-hydrogen) atoms. The van der Waals surface area contributed by atoms with Gasteiger partial charge in [0, 0.05) is 55.1 Å². The number of aromatic nitrogens is 1. The summed E-state index contributed by atoms with van der Waals surface area (Å²) >= 11 is 0. The summed E-state index contributed by atoms with van der Waals surface area (Å²) in [5, 5.41) is 7.92. The third-order valence-electron chi connectivity index (χ3n) is 11.9. The molecule has 4 amide bonds. The zero-order valence-corrected chi connectivity index (χ0v) is 38.7. The fourth-order valence-electron chi connectivity index (χ4n) is 8.48. The Hall–Kier alpha value is -6.40. The van der Waals surface area contributed by atoms with Gasteiger partial charge in [-0.3, -0.25) is 29.0 Å². The van der Waals surface area contributed by atoms with Crippen LogP contribution in [0.15, 0.2) is 75.1 Å². The molecule has 0 spiro atoms. The van der Waals surface area contributed by atoms with E-state index in [4.69, 9.17) is 28.7 Å². The lowest BCUT2D eigenvalue weighted by atomic mass is 9.83. The van der Waals surface area contributed by atoms with E-state index in [1.54, 1.807) is 48.7 Å². The molecule has 3 N–H and O–H groups in total. The number of aliphatic imine (C=N–C) groups is 1. The first kappa shape index (κ1) is 49.0. The van der Waals surface area contributed by atoms with Crippen molar-refractivity contribution in [3.8, 4) is 0 Å². The third-order valence-corrected chi connectivity index (χ3v) is 11.9. The van der Waals surface area contributed by atoms with Crippen molar-refractivity contribution in [1.29, 1.82) is 0 Å². The highest BCUT2D eigenvalue weighted by Gasteiger charge is 2.51. The topological polar surface area (TPSA) is 222 Å². The summed E-state index contributed by atoms with van der Waals surface area (Å²) in [4.78, 5) is 97.7. The number of dihydropyridines is 1. The summed E-state index contributed by atoms with van der Waals surface area (Å²) in [6, 6.07) is 7.89. The zero-order chi connectivity index (χ0) is 47.8. The van der Waals surface area contributed by atoms with Crippen LogP contribution in [0.4, 0.5) is 10.5 Å². The van der Waals surface area contributed by atoms with Crippen LogP contribution in [-0.4, -0.2) is 108 Å². The Kier molecular flexibility index (Phi) is 15.8. The van der Waals surface area contributed by atoms with Gasteiger partial charge in [-0.2, -0.15) is 0 Å². The summed E-state index contributed by atoms with van der Waals surface area (Å²) in [6.07, 6.45) is 6.70. The van der Waals surface area contributed by atoms with Gasteiger partial charge in [0.05, 0.1) is 36.1 Å². The number of esters is 1. The first-order chi connectivity index (χ1) is 31.5. The van der Waals surface area contributed by atoms with Gasteiger partial charge in [0.2, 0.25) is 29.2 Å². The molecule has 0 radical (unpaired) electrons. The van der Waals surface area contributed by atoms with Crippen LogP contribution < -0.4 is 21.5 Å². The van der Waals surface area contributed by atoms with E-state index in [-0.39, 0.29) is 79.9 Å². The number of rotatable bonds is 20. The number of nitrogens with zero attached hydrogens (tertiary/aromatic N) is 3. The molecule has 4 heterocycles. The highest BCUT2D eigenvalue weighted by molar-refractivity contribution is 6.15. The van der Waals surface area contributed by atoms with Crippen molar-refractivity contribution in [2.24, 2.45) is 4.99 Å². The summed E-state index contributed by atoms with van der Waals surface area (Å²) in [5.74, 6) is -2.34. The Morgan fingerprint density at radius 1 is 1.03 bits per heavy atom. The van der Waals surface area contributed by atoms with Crippen molar-refractivity contribution in [3.63, 3.8) is 0 Å². The van der Waals surface area contributed by atoms with Crippen LogP contribution in [0.1, 0.15) is 96.5 Å². The third kappa shape index (κ3) is 11.3. The van der Waals surface area contributed by atoms with Crippen LogP contribution in [0.5, 0.6) is 0 Å². The van der Waals surface area contributed by atoms with E-state index in [1.807, 2.05) is 57.7 Å². The van der Waals surface area contributed by atoms with Crippen molar-refractivity contribution in [3.05, 3.63) is 98.0 Å². The average Bonchev–Trinajstić information content (AvgIpc) is 3.64. The van der Waals surface area contributed by atoms with Gasteiger partial charge in [-0.05, 0) is 95.2 Å². The second-order valence-electron chi connectivity index (χ2n) is 17.4. The van der Waals surface area contributed by atoms with Crippen LogP contribution in [0.3, 0.4) is 0 Å². The molecule has 0 bridgehead atoms. The number of anilines is 1. The number of ether oxygens (including phenoxy) is 5. The largest absolute Gasteiger partial charge is 0.510 e. The molecule has 2 aromatic rings. The van der Waals surface area contributed by atoms with E-state index in [2.05, 4.69) is 16.0 Å². The minimum Gasteiger partial charge on any atom is -0.457 e. The highest BCUT2D eigenvalue weighted by Crippen LogP contribution is 2.42. The van der Waals surface area contributed by atoms with Gasteiger partial charge in [0.15, 0.2) is 0 Å². The van der Waals surface area contributed by atoms with E-state index in [9.17, 15) is 33.6 Å². The van der Waals surface area contributed by atoms with Gasteiger partial charge in [0.25, 0.3) is 5.56 Å². The van der Waals surface area contributed by atoms with Gasteiger partial charge < -0.3 is 49.1 Å². The molecule has 0 saturated carbocycles. The van der Waals surface area contributed by atoms with E-state index >= 15 is 0 Å². The smallest absolute Gasteiger partial charge is 0.457 e. The van der Waals surface area contributed by atoms with Crippen molar-refractivity contribution in [2.75, 3.05) is 44.8 Å². The number of cyclic esters (lactones) is 1. The highest BCUT2D eigenvalue weighted by atomic mass is 16.7. The molecular formula is C48H60N6O12. The van der Waals surface area contributed by atoms with Crippen molar-refractivity contribution in [1.82, 2.24) is 20.1 Å². The lowest BCUT2D eigenvalue weighted by Gasteiger charge is -2.35. The maximum Gasteiger partial charge on any atom is 0.510 e. The van der Waals surface area contributed by atoms with Gasteiger partial charge in [0.1, 0.15) is 26.4 Å². The lowest BCUT2D eigenvalue weighted by molar-refractivity contribution is -0.175. The fourth-order valence-corrected chi connectivity index (χ4v) is 8.48. The minimum atomic E-state index is -1.98. The second-order valence-corrected chi connectivity index (χ2v) is 17.4. The Bertz CT molecular complexity index is 2410. The Balaban J connectivity index is 1.05. The van der Waals surface area contributed by atoms with E-state index < -0.39 is 41.7 Å². The number of benzene rings is 1. The maximum atomic E-state index is 14.3. The number of carbonyl (C=O) groups excluding carboxylic acids is 6. The molecule has 1 unspecified atom stereocenters. The predicted octanol–water partition coefficient (Wildman–Crippen LogP) is 4.27. The SMILES string of the molecule is CCOCCC(C)(C)NC(=O)COCC(=O)NCC(=O)Nc1ccc(COC(=O)O[C@]2(CC)C(=O)OCc3c2cc2n(c3=O)CC3=C(CCN(C(C)=O)C(C)C)C4=CC=CCC4N=C32)cc1. The van der Waals surface area contributed by atoms with Crippen LogP contribution in [0.25, 0.3) is 0 Å². The monoisotopic (exact) mass is 912 g/mol. The lowest BCUT2D eigenvalue weighted by Crippen LogP contribution is -2.47. The minimum absolute atomic E-state index is 0.00777. The number of amides is 4. The Morgan fingerprint density at radius 2 is 1.77 bits per heavy atom. The molecule has 6 rings (SSSR count). The number of allylic oxidation sites excluding steroid dienone is 3. The number of carbonyl (C=O) groups is 6. The first-order valence-electron chi connectivity index (χ1n) is 22.3. The fraction of sp³-hybridized carbons (Fsp3) is 0.500. The molecule has 354 valence electrons. The molecule has 1 aromatic carbocycles. The molecule has 1 aromatic heterocycles. The molecule has 4 aliphatic rings. The molecule has 3 aliphatic heterocycles. The Morgan fingerprint density at radius 3 is 2.47 bits per heavy atom. The van der Waals surface area contributed by atoms with Crippen molar-refractivity contribution in [2.45, 2.75) is 117 Å². The molecule has 18 heteroatoms. The van der Waals surface area contributed by atoms with Gasteiger partial charge >= 0.3 is 12.1 Å². The van der Waals surface area contributed by atoms with Gasteiger partial charge in [-0.25, -0.2) is 9.59 Å². The van der Waals surface area contributed by atoms with E-state index in [1.165, 1.54) is 0 Å². The predicted molar refractivity (Wildman–Crippen MR) is 242 cm³/mol. The van der Waals surface area contributed by atoms with Gasteiger partial charge in [-0.15, -0.1) is 0 Å². The van der Waals surface area contributed by atoms with Crippen LogP contribution in [-0.2, 0) is 73.0 Å². The Labute approximate surface area is 383 Å². The maximum absolute atomic E-state index is 14.3. The molecule has 0 fully saturated rings. The van der Waals surface area contributed by atoms with E-state index in [0.717, 1.165) is 16.7 Å². The van der Waals surface area contributed by atoms with Crippen LogP contribution in [0, 0.1) is 0 Å². The number of hydrogen-bond donors (Lipinski definition) is 3. The molecular weight excluding hydrogens is 853 g/mol. The normalized spacial score (nSPS) is 18.2. The summed E-state index contributed by atoms with van der Waals surface area (Å²) < 4.78 is 29.0. The first-order valence-corrected chi connectivity index (χ1v) is 22.3. The van der Waals surface area contributed by atoms with E-state index in [0.29, 0.717) is 61.7 Å². The van der Waals surface area contributed by atoms with Crippen LogP contribution in [0.2, 0.25) is 0 Å². The summed E-state index contributed by atoms with van der Waals surface area (Å²) in [7, 11) is 0. The molecule has 1 aliphatic carbocycles. The van der Waals surface area contributed by atoms with Crippen molar-refractivity contribution >= 4 is 47.2 Å². The second kappa shape index (κ2) is 21.3. The quantitative estimate of drug-likeness (QED) is 0.125. The molecule has 2 atom stereocenters. The van der Waals surface area contributed by atoms with Crippen molar-refractivity contribution < 1.29 is 52.5 Å². The number of hydrogen-bond acceptors (Lipinski definition) is 13. The standard InChI is InChI=1S/C48H60N6O12/c1-8-48(66-46(61)65-25-31-14-16-32(17-15-31)50-40(56)23-49-41(57)27-63-28-42(58)52-47(6,7)19-21-62-9-2)37-22-39-43-35(24-54(39)44(59)36(37)26-64-45(48)60)33(18-20-53(29(3)4)30(5)55)34-12-10-11-13-38(34)51-43/h10-12,14-17,22,29,38H,8-9,13,18-21,23-28H2,1-7H3,(H,49,57)(H,50,56)(H,52,58)/t38?,48-/m0/s1. The van der Waals surface area contributed by atoms with Gasteiger partial charge in [-0.1, -0.05) is 37.3 Å². The molecule has 0 saturated heterocycles. The van der Waals surface area contributed by atoms with Crippen LogP contribution >= 0.6 is 0 Å². The zero-order valence-electron chi connectivity index (χ0n) is 38.7. The number of pyridine rings is 1. The summed E-state index contributed by atoms with van der Waals surface area (Å²) in [5.41, 5.74) is 2.57. The summed E-state index contributed by atoms with van der Waals surface area (Å²) in [6.45, 7) is 12.9.